The van der Waals surface area contributed by atoms with Crippen molar-refractivity contribution in [1.29, 1.82) is 0 Å². The molecule has 0 radical (unpaired) electrons. The highest BCUT2D eigenvalue weighted by molar-refractivity contribution is 9.10. The zero-order valence-electron chi connectivity index (χ0n) is 9.65. The number of amidine groups is 1. The number of halogens is 1. The second kappa shape index (κ2) is 3.67. The van der Waals surface area contributed by atoms with Crippen LogP contribution in [0.25, 0.3) is 0 Å². The Balaban J connectivity index is 2.14. The summed E-state index contributed by atoms with van der Waals surface area (Å²) in [7, 11) is 0. The molecular weight excluding hydrogens is 278 g/mol. The average Bonchev–Trinajstić information content (AvgIpc) is 3.08. The first-order chi connectivity index (χ1) is 8.12. The summed E-state index contributed by atoms with van der Waals surface area (Å²) in [5.41, 5.74) is 7.45. The van der Waals surface area contributed by atoms with Gasteiger partial charge < -0.3 is 5.73 Å². The Hall–Kier alpha value is -1.16. The van der Waals surface area contributed by atoms with E-state index >= 15 is 0 Å². The summed E-state index contributed by atoms with van der Waals surface area (Å²) >= 11 is 3.50. The second-order valence-corrected chi connectivity index (χ2v) is 5.62. The summed E-state index contributed by atoms with van der Waals surface area (Å²) in [6.07, 6.45) is 2.36. The minimum atomic E-state index is -0.446. The number of hydrogen-bond donors (Lipinski definition) is 1. The van der Waals surface area contributed by atoms with Gasteiger partial charge in [0.1, 0.15) is 5.84 Å². The van der Waals surface area contributed by atoms with Crippen LogP contribution in [0.1, 0.15) is 25.3 Å². The van der Waals surface area contributed by atoms with Crippen molar-refractivity contribution in [3.8, 4) is 0 Å². The number of benzene rings is 1. The van der Waals surface area contributed by atoms with Gasteiger partial charge in [-0.25, -0.2) is 4.99 Å². The van der Waals surface area contributed by atoms with Gasteiger partial charge in [-0.3, -0.25) is 4.99 Å². The highest BCUT2D eigenvalue weighted by Gasteiger charge is 2.49. The van der Waals surface area contributed by atoms with Crippen LogP contribution in [0.4, 0.5) is 0 Å². The maximum Gasteiger partial charge on any atom is 0.181 e. The van der Waals surface area contributed by atoms with Crippen LogP contribution in [0.5, 0.6) is 0 Å². The third-order valence-electron chi connectivity index (χ3n) is 3.40. The molecule has 1 aromatic rings. The summed E-state index contributed by atoms with van der Waals surface area (Å²) in [5.74, 6) is 1.09. The SMILES string of the molecule is CC1=N[C@](c2cccc(Br)c2)(C2CC2)N=C1N. The monoisotopic (exact) mass is 291 g/mol. The number of aliphatic imine (C=N–C) groups is 2. The van der Waals surface area contributed by atoms with Crippen LogP contribution in [0.3, 0.4) is 0 Å². The van der Waals surface area contributed by atoms with Crippen molar-refractivity contribution in [3.63, 3.8) is 0 Å². The van der Waals surface area contributed by atoms with Crippen LogP contribution in [0, 0.1) is 5.92 Å². The van der Waals surface area contributed by atoms with Gasteiger partial charge in [-0.05, 0) is 31.9 Å². The molecule has 0 bridgehead atoms. The summed E-state index contributed by atoms with van der Waals surface area (Å²) < 4.78 is 1.06. The predicted molar refractivity (Wildman–Crippen MR) is 73.3 cm³/mol. The zero-order valence-corrected chi connectivity index (χ0v) is 11.2. The number of hydrogen-bond acceptors (Lipinski definition) is 3. The molecule has 1 heterocycles. The van der Waals surface area contributed by atoms with Gasteiger partial charge in [0.2, 0.25) is 0 Å². The molecule has 0 spiro atoms. The maximum absolute atomic E-state index is 5.90. The van der Waals surface area contributed by atoms with E-state index in [2.05, 4.69) is 33.1 Å². The molecule has 1 atom stereocenters. The molecule has 1 aliphatic heterocycles. The standard InChI is InChI=1S/C13H14BrN3/c1-8-12(15)17-13(16-8,9-5-6-9)10-3-2-4-11(14)7-10/h2-4,7,9H,5-6H2,1H3,(H2,15,17)/t13-/m1/s1. The molecule has 17 heavy (non-hydrogen) atoms. The van der Waals surface area contributed by atoms with E-state index in [1.165, 1.54) is 12.8 Å². The van der Waals surface area contributed by atoms with Gasteiger partial charge in [0.15, 0.2) is 5.66 Å². The predicted octanol–water partition coefficient (Wildman–Crippen LogP) is 2.84. The second-order valence-electron chi connectivity index (χ2n) is 4.71. The molecule has 2 aliphatic rings. The van der Waals surface area contributed by atoms with Crippen LogP contribution < -0.4 is 5.73 Å². The highest BCUT2D eigenvalue weighted by Crippen LogP contribution is 2.51. The Morgan fingerprint density at radius 3 is 2.65 bits per heavy atom. The van der Waals surface area contributed by atoms with E-state index in [0.717, 1.165) is 15.7 Å². The van der Waals surface area contributed by atoms with E-state index in [-0.39, 0.29) is 0 Å². The van der Waals surface area contributed by atoms with Crippen molar-refractivity contribution in [2.45, 2.75) is 25.4 Å². The van der Waals surface area contributed by atoms with Gasteiger partial charge in [-0.1, -0.05) is 28.1 Å². The lowest BCUT2D eigenvalue weighted by Gasteiger charge is -2.23. The molecule has 4 heteroatoms. The maximum atomic E-state index is 5.90. The van der Waals surface area contributed by atoms with E-state index in [1.807, 2.05) is 19.1 Å². The normalized spacial score (nSPS) is 27.9. The van der Waals surface area contributed by atoms with Gasteiger partial charge >= 0.3 is 0 Å². The Morgan fingerprint density at radius 2 is 2.12 bits per heavy atom. The average molecular weight is 292 g/mol. The third kappa shape index (κ3) is 1.71. The summed E-state index contributed by atoms with van der Waals surface area (Å²) in [4.78, 5) is 9.39. The van der Waals surface area contributed by atoms with Gasteiger partial charge in [-0.2, -0.15) is 0 Å². The van der Waals surface area contributed by atoms with Crippen molar-refractivity contribution in [2.75, 3.05) is 0 Å². The smallest absolute Gasteiger partial charge is 0.181 e. The Kier molecular flexibility index (Phi) is 2.36. The van der Waals surface area contributed by atoms with Crippen molar-refractivity contribution >= 4 is 27.5 Å². The quantitative estimate of drug-likeness (QED) is 0.895. The molecule has 0 amide bonds. The lowest BCUT2D eigenvalue weighted by atomic mass is 9.96. The molecular formula is C13H14BrN3. The molecule has 88 valence electrons. The number of nitrogens with two attached hydrogens (primary N) is 1. The fraction of sp³-hybridized carbons (Fsp3) is 0.385. The van der Waals surface area contributed by atoms with Crippen molar-refractivity contribution < 1.29 is 0 Å². The van der Waals surface area contributed by atoms with E-state index in [4.69, 9.17) is 10.7 Å². The Morgan fingerprint density at radius 1 is 1.35 bits per heavy atom. The molecule has 0 saturated heterocycles. The van der Waals surface area contributed by atoms with Crippen molar-refractivity contribution in [3.05, 3.63) is 34.3 Å². The topological polar surface area (TPSA) is 50.7 Å². The van der Waals surface area contributed by atoms with Crippen LogP contribution in [0.15, 0.2) is 38.7 Å². The van der Waals surface area contributed by atoms with E-state index in [9.17, 15) is 0 Å². The van der Waals surface area contributed by atoms with Gasteiger partial charge in [0, 0.05) is 16.0 Å². The lowest BCUT2D eigenvalue weighted by Crippen LogP contribution is -2.23. The molecule has 3 rings (SSSR count). The molecule has 3 nitrogen and oxygen atoms in total. The molecule has 2 N–H and O–H groups in total. The van der Waals surface area contributed by atoms with Crippen molar-refractivity contribution in [1.82, 2.24) is 0 Å². The lowest BCUT2D eigenvalue weighted by molar-refractivity contribution is 0.417. The summed E-state index contributed by atoms with van der Waals surface area (Å²) in [5, 5.41) is 0. The molecule has 0 aromatic heterocycles. The van der Waals surface area contributed by atoms with Gasteiger partial charge in [0.05, 0.1) is 5.71 Å². The van der Waals surface area contributed by atoms with Crippen LogP contribution in [-0.2, 0) is 5.66 Å². The molecule has 1 saturated carbocycles. The van der Waals surface area contributed by atoms with Gasteiger partial charge in [0.25, 0.3) is 0 Å². The van der Waals surface area contributed by atoms with E-state index in [0.29, 0.717) is 11.8 Å². The summed E-state index contributed by atoms with van der Waals surface area (Å²) in [6, 6.07) is 8.22. The fourth-order valence-electron chi connectivity index (χ4n) is 2.35. The first-order valence-electron chi connectivity index (χ1n) is 5.80. The van der Waals surface area contributed by atoms with Crippen LogP contribution >= 0.6 is 15.9 Å². The van der Waals surface area contributed by atoms with Crippen molar-refractivity contribution in [2.24, 2.45) is 21.6 Å². The Bertz CT molecular complexity index is 511. The Labute approximate surface area is 109 Å². The van der Waals surface area contributed by atoms with E-state index in [1.54, 1.807) is 0 Å². The van der Waals surface area contributed by atoms with Crippen LogP contribution in [0.2, 0.25) is 0 Å². The number of rotatable bonds is 2. The molecule has 1 fully saturated rings. The summed E-state index contributed by atoms with van der Waals surface area (Å²) in [6.45, 7) is 1.93. The van der Waals surface area contributed by atoms with Gasteiger partial charge in [-0.15, -0.1) is 0 Å². The third-order valence-corrected chi connectivity index (χ3v) is 3.89. The zero-order chi connectivity index (χ0) is 12.0. The fourth-order valence-corrected chi connectivity index (χ4v) is 2.75. The minimum Gasteiger partial charge on any atom is -0.382 e. The molecule has 1 aliphatic carbocycles. The largest absolute Gasteiger partial charge is 0.382 e. The number of nitrogens with zero attached hydrogens (tertiary/aromatic N) is 2. The molecule has 1 aromatic carbocycles. The first kappa shape index (κ1) is 11.0. The highest BCUT2D eigenvalue weighted by atomic mass is 79.9. The first-order valence-corrected chi connectivity index (χ1v) is 6.59. The molecule has 0 unspecified atom stereocenters. The van der Waals surface area contributed by atoms with Crippen LogP contribution in [-0.4, -0.2) is 11.5 Å². The minimum absolute atomic E-state index is 0.446. The van der Waals surface area contributed by atoms with E-state index < -0.39 is 5.66 Å².